The molecule has 0 radical (unpaired) electrons. The summed E-state index contributed by atoms with van der Waals surface area (Å²) in [6.45, 7) is 1.27. The first-order chi connectivity index (χ1) is 7.36. The monoisotopic (exact) mass is 204 g/mol. The minimum Gasteiger partial charge on any atom is -0.353 e. The normalized spacial score (nSPS) is 33.5. The van der Waals surface area contributed by atoms with Crippen LogP contribution in [-0.2, 0) is 9.53 Å². The highest BCUT2D eigenvalue weighted by Gasteiger charge is 2.41. The van der Waals surface area contributed by atoms with Crippen LogP contribution < -0.4 is 5.32 Å². The summed E-state index contributed by atoms with van der Waals surface area (Å²) in [6.07, 6.45) is 9.22. The molecule has 0 aliphatic carbocycles. The third kappa shape index (κ3) is 1.33. The van der Waals surface area contributed by atoms with Crippen molar-refractivity contribution in [1.82, 2.24) is 10.2 Å². The van der Waals surface area contributed by atoms with E-state index in [1.54, 1.807) is 0 Å². The second kappa shape index (κ2) is 3.32. The quantitative estimate of drug-likeness (QED) is 0.610. The van der Waals surface area contributed by atoms with Crippen LogP contribution in [0.15, 0.2) is 36.2 Å². The predicted octanol–water partition coefficient (Wildman–Crippen LogP) is 0.153. The summed E-state index contributed by atoms with van der Waals surface area (Å²) in [6, 6.07) is 0.123. The van der Waals surface area contributed by atoms with Gasteiger partial charge in [0.1, 0.15) is 6.10 Å². The predicted molar refractivity (Wildman–Crippen MR) is 54.7 cm³/mol. The zero-order chi connectivity index (χ0) is 10.3. The Balaban J connectivity index is 1.97. The Morgan fingerprint density at radius 3 is 3.27 bits per heavy atom. The van der Waals surface area contributed by atoms with Gasteiger partial charge in [-0.3, -0.25) is 10.1 Å². The van der Waals surface area contributed by atoms with Crippen molar-refractivity contribution in [3.8, 4) is 0 Å². The molecule has 2 fully saturated rings. The van der Waals surface area contributed by atoms with Crippen molar-refractivity contribution in [3.05, 3.63) is 36.2 Å². The number of hydrogen-bond donors (Lipinski definition) is 1. The Morgan fingerprint density at radius 2 is 2.33 bits per heavy atom. The van der Waals surface area contributed by atoms with Crippen LogP contribution in [0, 0.1) is 0 Å². The lowest BCUT2D eigenvalue weighted by molar-refractivity contribution is -0.127. The van der Waals surface area contributed by atoms with E-state index in [1.165, 1.54) is 0 Å². The van der Waals surface area contributed by atoms with Gasteiger partial charge in [-0.15, -0.1) is 0 Å². The van der Waals surface area contributed by atoms with Gasteiger partial charge in [0.25, 0.3) is 0 Å². The van der Waals surface area contributed by atoms with E-state index in [9.17, 15) is 4.79 Å². The maximum Gasteiger partial charge on any atom is 0.209 e. The number of rotatable bonds is 0. The summed E-state index contributed by atoms with van der Waals surface area (Å²) in [7, 11) is 0. The maximum absolute atomic E-state index is 12.1. The Hall–Kier alpha value is -1.39. The molecule has 3 aliphatic heterocycles. The molecule has 0 bridgehead atoms. The van der Waals surface area contributed by atoms with Crippen molar-refractivity contribution in [2.75, 3.05) is 13.3 Å². The number of carbonyl (C=O) groups excluding carboxylic acids is 1. The highest BCUT2D eigenvalue weighted by atomic mass is 16.5. The van der Waals surface area contributed by atoms with Crippen molar-refractivity contribution in [3.63, 3.8) is 0 Å². The van der Waals surface area contributed by atoms with Gasteiger partial charge in [-0.25, -0.2) is 0 Å². The van der Waals surface area contributed by atoms with E-state index < -0.39 is 0 Å². The second-order valence-electron chi connectivity index (χ2n) is 3.84. The van der Waals surface area contributed by atoms with E-state index in [0.29, 0.717) is 6.73 Å². The molecule has 0 aromatic rings. The molecule has 0 amide bonds. The lowest BCUT2D eigenvalue weighted by Gasteiger charge is -2.33. The van der Waals surface area contributed by atoms with Gasteiger partial charge >= 0.3 is 0 Å². The van der Waals surface area contributed by atoms with E-state index >= 15 is 0 Å². The Morgan fingerprint density at radius 1 is 1.40 bits per heavy atom. The number of fused-ring (bicyclic) bond motifs is 2. The molecule has 1 N–H and O–H groups in total. The highest BCUT2D eigenvalue weighted by Crippen LogP contribution is 2.24. The van der Waals surface area contributed by atoms with Crippen LogP contribution in [0.4, 0.5) is 0 Å². The van der Waals surface area contributed by atoms with Crippen LogP contribution >= 0.6 is 0 Å². The summed E-state index contributed by atoms with van der Waals surface area (Å²) in [5.74, 6) is 0.0763. The molecule has 3 rings (SSSR count). The van der Waals surface area contributed by atoms with Crippen LogP contribution in [-0.4, -0.2) is 36.1 Å². The number of hydrogen-bond acceptors (Lipinski definition) is 4. The molecule has 4 nitrogen and oxygen atoms in total. The summed E-state index contributed by atoms with van der Waals surface area (Å²) in [4.78, 5) is 14.0. The summed E-state index contributed by atoms with van der Waals surface area (Å²) in [5, 5.41) is 3.18. The third-order valence-corrected chi connectivity index (χ3v) is 2.93. The maximum atomic E-state index is 12.1. The first-order valence-corrected chi connectivity index (χ1v) is 5.07. The van der Waals surface area contributed by atoms with Gasteiger partial charge in [0.2, 0.25) is 5.78 Å². The van der Waals surface area contributed by atoms with Crippen molar-refractivity contribution in [1.29, 1.82) is 0 Å². The molecule has 15 heavy (non-hydrogen) atoms. The lowest BCUT2D eigenvalue weighted by Crippen LogP contribution is -2.51. The summed E-state index contributed by atoms with van der Waals surface area (Å²) in [5.41, 5.74) is 0.727. The molecule has 3 heterocycles. The minimum absolute atomic E-state index is 0.0763. The topological polar surface area (TPSA) is 41.6 Å². The molecule has 78 valence electrons. The van der Waals surface area contributed by atoms with Crippen molar-refractivity contribution >= 4 is 5.78 Å². The molecule has 4 heteroatoms. The van der Waals surface area contributed by atoms with Crippen molar-refractivity contribution < 1.29 is 9.53 Å². The van der Waals surface area contributed by atoms with E-state index in [0.717, 1.165) is 12.2 Å². The number of ketones is 1. The number of nitrogens with one attached hydrogen (secondary N) is 1. The van der Waals surface area contributed by atoms with Gasteiger partial charge in [0.15, 0.2) is 0 Å². The first kappa shape index (κ1) is 8.88. The first-order valence-electron chi connectivity index (χ1n) is 5.07. The van der Waals surface area contributed by atoms with Gasteiger partial charge in [-0.05, 0) is 12.2 Å². The van der Waals surface area contributed by atoms with Crippen LogP contribution in [0.2, 0.25) is 0 Å². The summed E-state index contributed by atoms with van der Waals surface area (Å²) < 4.78 is 5.38. The Bertz CT molecular complexity index is 384. The summed E-state index contributed by atoms with van der Waals surface area (Å²) >= 11 is 0. The van der Waals surface area contributed by atoms with Gasteiger partial charge in [-0.1, -0.05) is 12.2 Å². The Labute approximate surface area is 87.9 Å². The standard InChI is InChI=1S/C11H12N2O2/c14-10-9-4-2-1-3-5-13(9)6-8-11(10)15-7-12-8/h1-5,8,11-12H,6-7H2. The smallest absolute Gasteiger partial charge is 0.209 e. The van der Waals surface area contributed by atoms with E-state index in [4.69, 9.17) is 4.74 Å². The van der Waals surface area contributed by atoms with E-state index in [1.807, 2.05) is 35.4 Å². The van der Waals surface area contributed by atoms with E-state index in [2.05, 4.69) is 5.32 Å². The van der Waals surface area contributed by atoms with Crippen LogP contribution in [0.5, 0.6) is 0 Å². The third-order valence-electron chi connectivity index (χ3n) is 2.93. The number of carbonyl (C=O) groups is 1. The number of piperidine rings is 1. The molecule has 2 atom stereocenters. The van der Waals surface area contributed by atoms with Gasteiger partial charge in [0.05, 0.1) is 18.5 Å². The molecular formula is C11H12N2O2. The van der Waals surface area contributed by atoms with Crippen LogP contribution in [0.1, 0.15) is 0 Å². The fraction of sp³-hybridized carbons (Fsp3) is 0.364. The van der Waals surface area contributed by atoms with Crippen LogP contribution in [0.3, 0.4) is 0 Å². The minimum atomic E-state index is -0.299. The molecule has 2 unspecified atom stereocenters. The number of allylic oxidation sites excluding steroid dienone is 4. The molecule has 3 aliphatic rings. The molecule has 0 aromatic heterocycles. The van der Waals surface area contributed by atoms with Crippen molar-refractivity contribution in [2.24, 2.45) is 0 Å². The van der Waals surface area contributed by atoms with E-state index in [-0.39, 0.29) is 17.9 Å². The van der Waals surface area contributed by atoms with Crippen LogP contribution in [0.25, 0.3) is 0 Å². The van der Waals surface area contributed by atoms with Gasteiger partial charge in [0, 0.05) is 12.7 Å². The molecule has 2 saturated heterocycles. The van der Waals surface area contributed by atoms with Gasteiger partial charge in [-0.2, -0.15) is 0 Å². The number of nitrogens with zero attached hydrogens (tertiary/aromatic N) is 1. The molecule has 0 saturated carbocycles. The largest absolute Gasteiger partial charge is 0.353 e. The highest BCUT2D eigenvalue weighted by molar-refractivity contribution is 6.00. The van der Waals surface area contributed by atoms with Crippen molar-refractivity contribution in [2.45, 2.75) is 12.1 Å². The zero-order valence-electron chi connectivity index (χ0n) is 8.22. The lowest BCUT2D eigenvalue weighted by atomic mass is 9.98. The fourth-order valence-corrected chi connectivity index (χ4v) is 2.17. The average Bonchev–Trinajstić information content (AvgIpc) is 2.56. The molecule has 0 spiro atoms. The molecular weight excluding hydrogens is 192 g/mol. The zero-order valence-corrected chi connectivity index (χ0v) is 8.22. The average molecular weight is 204 g/mol. The fourth-order valence-electron chi connectivity index (χ4n) is 2.17. The second-order valence-corrected chi connectivity index (χ2v) is 3.84. The molecule has 0 aromatic carbocycles. The SMILES string of the molecule is O=C1C2=CC=CC=CN2CC2NCOC12. The number of Topliss-reactive ketones (excluding diaryl/α,β-unsaturated/α-hetero) is 1. The number of ether oxygens (including phenoxy) is 1. The Kier molecular flexibility index (Phi) is 1.97. The van der Waals surface area contributed by atoms with Gasteiger partial charge < -0.3 is 9.64 Å².